The molecule has 1 saturated carbocycles. The summed E-state index contributed by atoms with van der Waals surface area (Å²) in [6, 6.07) is 6.46. The van der Waals surface area contributed by atoms with Crippen LogP contribution in [0.3, 0.4) is 0 Å². The molecule has 3 nitrogen and oxygen atoms in total. The van der Waals surface area contributed by atoms with Gasteiger partial charge in [0.25, 0.3) is 0 Å². The van der Waals surface area contributed by atoms with Gasteiger partial charge in [-0.1, -0.05) is 26.3 Å². The lowest BCUT2D eigenvalue weighted by Crippen LogP contribution is -2.53. The first-order chi connectivity index (χ1) is 11.0. The first-order valence-corrected chi connectivity index (χ1v) is 8.77. The average molecular weight is 316 g/mol. The van der Waals surface area contributed by atoms with Crippen LogP contribution in [0, 0.1) is 11.3 Å². The largest absolute Gasteiger partial charge is 0.497 e. The predicted octanol–water partition coefficient (Wildman–Crippen LogP) is 4.27. The third-order valence-corrected chi connectivity index (χ3v) is 6.61. The molecule has 1 aromatic carbocycles. The minimum absolute atomic E-state index is 0.0118. The van der Waals surface area contributed by atoms with Gasteiger partial charge in [0, 0.05) is 0 Å². The minimum Gasteiger partial charge on any atom is -0.497 e. The van der Waals surface area contributed by atoms with E-state index in [0.29, 0.717) is 5.92 Å². The van der Waals surface area contributed by atoms with Crippen molar-refractivity contribution in [2.24, 2.45) is 11.3 Å². The monoisotopic (exact) mass is 316 g/mol. The molecule has 0 spiro atoms. The van der Waals surface area contributed by atoms with E-state index < -0.39 is 0 Å². The molecule has 0 amide bonds. The molecule has 0 bridgehead atoms. The Morgan fingerprint density at radius 1 is 1.30 bits per heavy atom. The fourth-order valence-corrected chi connectivity index (χ4v) is 5.39. The van der Waals surface area contributed by atoms with Crippen LogP contribution in [-0.4, -0.2) is 20.2 Å². The second-order valence-corrected chi connectivity index (χ2v) is 7.39. The molecule has 0 saturated heterocycles. The van der Waals surface area contributed by atoms with Crippen molar-refractivity contribution < 1.29 is 14.3 Å². The third kappa shape index (κ3) is 2.28. The summed E-state index contributed by atoms with van der Waals surface area (Å²) in [5.74, 6) is 1.25. The van der Waals surface area contributed by atoms with Gasteiger partial charge in [0.15, 0.2) is 0 Å². The van der Waals surface area contributed by atoms with E-state index in [0.717, 1.165) is 44.3 Å². The number of benzene rings is 1. The number of carbonyl (C=O) groups excluding carboxylic acids is 1. The van der Waals surface area contributed by atoms with Crippen molar-refractivity contribution in [2.45, 2.75) is 57.8 Å². The van der Waals surface area contributed by atoms with Crippen LogP contribution in [0.25, 0.3) is 0 Å². The van der Waals surface area contributed by atoms with Gasteiger partial charge in [0.1, 0.15) is 5.75 Å². The van der Waals surface area contributed by atoms with E-state index in [1.54, 1.807) is 7.11 Å². The molecule has 2 aliphatic carbocycles. The molecule has 0 aliphatic heterocycles. The zero-order chi connectivity index (χ0) is 16.7. The topological polar surface area (TPSA) is 35.5 Å². The summed E-state index contributed by atoms with van der Waals surface area (Å²) in [4.78, 5) is 12.7. The second kappa shape index (κ2) is 5.85. The molecule has 0 radical (unpaired) electrons. The highest BCUT2D eigenvalue weighted by molar-refractivity contribution is 5.78. The molecule has 0 N–H and O–H groups in total. The molecular formula is C20H28O3. The van der Waals surface area contributed by atoms with E-state index in [4.69, 9.17) is 9.47 Å². The standard InChI is InChI=1S/C20H28O3/c1-5-20(18(21)23-4)12-6-11-19(2)16-13-15(22-3)9-7-14(16)8-10-17(19)20/h7,9,13,17H,5-6,8,10-12H2,1-4H3/t17-,19-,20-/m1/s1. The van der Waals surface area contributed by atoms with Gasteiger partial charge in [-0.3, -0.25) is 4.79 Å². The number of aryl methyl sites for hydroxylation is 1. The molecule has 3 heteroatoms. The Balaban J connectivity index is 2.11. The van der Waals surface area contributed by atoms with Crippen LogP contribution in [0.5, 0.6) is 5.75 Å². The van der Waals surface area contributed by atoms with Gasteiger partial charge in [0.2, 0.25) is 0 Å². The van der Waals surface area contributed by atoms with E-state index in [-0.39, 0.29) is 16.8 Å². The summed E-state index contributed by atoms with van der Waals surface area (Å²) in [6.45, 7) is 4.49. The van der Waals surface area contributed by atoms with Crippen LogP contribution in [0.4, 0.5) is 0 Å². The Bertz CT molecular complexity index is 609. The Morgan fingerprint density at radius 3 is 2.74 bits per heavy atom. The van der Waals surface area contributed by atoms with Crippen LogP contribution in [0.1, 0.15) is 57.1 Å². The zero-order valence-electron chi connectivity index (χ0n) is 14.8. The maximum absolute atomic E-state index is 12.7. The smallest absolute Gasteiger partial charge is 0.312 e. The van der Waals surface area contributed by atoms with Gasteiger partial charge >= 0.3 is 5.97 Å². The zero-order valence-corrected chi connectivity index (χ0v) is 14.8. The highest BCUT2D eigenvalue weighted by atomic mass is 16.5. The number of hydrogen-bond acceptors (Lipinski definition) is 3. The van der Waals surface area contributed by atoms with Gasteiger partial charge in [-0.25, -0.2) is 0 Å². The van der Waals surface area contributed by atoms with Gasteiger partial charge in [-0.05, 0) is 66.7 Å². The summed E-state index contributed by atoms with van der Waals surface area (Å²) in [5, 5.41) is 0. The highest BCUT2D eigenvalue weighted by Gasteiger charge is 2.57. The number of fused-ring (bicyclic) bond motifs is 3. The van der Waals surface area contributed by atoms with E-state index in [1.807, 2.05) is 0 Å². The van der Waals surface area contributed by atoms with Crippen molar-refractivity contribution in [3.63, 3.8) is 0 Å². The molecule has 1 fully saturated rings. The van der Waals surface area contributed by atoms with Crippen molar-refractivity contribution in [1.29, 1.82) is 0 Å². The van der Waals surface area contributed by atoms with Crippen LogP contribution in [-0.2, 0) is 21.4 Å². The highest BCUT2D eigenvalue weighted by Crippen LogP contribution is 2.59. The number of ether oxygens (including phenoxy) is 2. The van der Waals surface area contributed by atoms with Gasteiger partial charge in [0.05, 0.1) is 19.6 Å². The molecule has 0 unspecified atom stereocenters. The van der Waals surface area contributed by atoms with Crippen LogP contribution in [0.15, 0.2) is 18.2 Å². The average Bonchev–Trinajstić information content (AvgIpc) is 2.59. The molecule has 0 aromatic heterocycles. The molecule has 0 heterocycles. The van der Waals surface area contributed by atoms with E-state index in [9.17, 15) is 4.79 Å². The fourth-order valence-electron chi connectivity index (χ4n) is 5.39. The van der Waals surface area contributed by atoms with Crippen molar-refractivity contribution in [3.05, 3.63) is 29.3 Å². The third-order valence-electron chi connectivity index (χ3n) is 6.61. The molecule has 3 rings (SSSR count). The van der Waals surface area contributed by atoms with Crippen molar-refractivity contribution in [1.82, 2.24) is 0 Å². The summed E-state index contributed by atoms with van der Waals surface area (Å²) in [7, 11) is 3.25. The maximum Gasteiger partial charge on any atom is 0.312 e. The second-order valence-electron chi connectivity index (χ2n) is 7.39. The predicted molar refractivity (Wildman–Crippen MR) is 90.7 cm³/mol. The normalized spacial score (nSPS) is 32.6. The summed E-state index contributed by atoms with van der Waals surface area (Å²) in [6.07, 6.45) is 6.13. The quantitative estimate of drug-likeness (QED) is 0.781. The van der Waals surface area contributed by atoms with Crippen LogP contribution in [0.2, 0.25) is 0 Å². The Morgan fingerprint density at radius 2 is 2.09 bits per heavy atom. The number of carbonyl (C=O) groups is 1. The minimum atomic E-state index is -0.331. The molecular weight excluding hydrogens is 288 g/mol. The number of hydrogen-bond donors (Lipinski definition) is 0. The Hall–Kier alpha value is -1.51. The van der Waals surface area contributed by atoms with E-state index in [1.165, 1.54) is 18.2 Å². The number of esters is 1. The number of rotatable bonds is 3. The molecule has 23 heavy (non-hydrogen) atoms. The van der Waals surface area contributed by atoms with Crippen molar-refractivity contribution in [2.75, 3.05) is 14.2 Å². The van der Waals surface area contributed by atoms with Crippen molar-refractivity contribution >= 4 is 5.97 Å². The van der Waals surface area contributed by atoms with Crippen LogP contribution >= 0.6 is 0 Å². The number of methoxy groups -OCH3 is 2. The lowest BCUT2D eigenvalue weighted by Gasteiger charge is -2.55. The SMILES string of the molecule is CC[C@@]1(C(=O)OC)CCC[C@]2(C)c3cc(OC)ccc3CC[C@@H]12. The van der Waals surface area contributed by atoms with Gasteiger partial charge in [-0.15, -0.1) is 0 Å². The summed E-state index contributed by atoms with van der Waals surface area (Å²) >= 11 is 0. The van der Waals surface area contributed by atoms with Gasteiger partial charge in [-0.2, -0.15) is 0 Å². The molecule has 1 aromatic rings. The Kier molecular flexibility index (Phi) is 4.16. The first-order valence-electron chi connectivity index (χ1n) is 8.77. The van der Waals surface area contributed by atoms with Crippen LogP contribution < -0.4 is 4.74 Å². The summed E-state index contributed by atoms with van der Waals surface area (Å²) in [5.41, 5.74) is 2.50. The van der Waals surface area contributed by atoms with Gasteiger partial charge < -0.3 is 9.47 Å². The van der Waals surface area contributed by atoms with Crippen molar-refractivity contribution in [3.8, 4) is 5.75 Å². The molecule has 126 valence electrons. The van der Waals surface area contributed by atoms with E-state index >= 15 is 0 Å². The lowest BCUT2D eigenvalue weighted by atomic mass is 9.48. The first kappa shape index (κ1) is 16.4. The summed E-state index contributed by atoms with van der Waals surface area (Å²) < 4.78 is 10.7. The van der Waals surface area contributed by atoms with E-state index in [2.05, 4.69) is 32.0 Å². The lowest BCUT2D eigenvalue weighted by molar-refractivity contribution is -0.163. The molecule has 3 atom stereocenters. The molecule has 2 aliphatic rings. The maximum atomic E-state index is 12.7. The Labute approximate surface area is 139 Å². The fraction of sp³-hybridized carbons (Fsp3) is 0.650.